The third-order valence-corrected chi connectivity index (χ3v) is 7.50. The van der Waals surface area contributed by atoms with Crippen LogP contribution in [-0.2, 0) is 27.3 Å². The molecule has 0 saturated carbocycles. The van der Waals surface area contributed by atoms with E-state index < -0.39 is 24.2 Å². The maximum absolute atomic E-state index is 13.7. The number of likely N-dealkylation sites (N-methyl/N-ethyl adjacent to an activating group) is 1. The number of rotatable bonds is 11. The van der Waals surface area contributed by atoms with Gasteiger partial charge >= 0.3 is 12.0 Å². The third-order valence-electron chi connectivity index (χ3n) is 7.50. The van der Waals surface area contributed by atoms with Gasteiger partial charge in [0.1, 0.15) is 18.0 Å². The molecule has 42 heavy (non-hydrogen) atoms. The molecule has 0 bridgehead atoms. The monoisotopic (exact) mass is 583 g/mol. The van der Waals surface area contributed by atoms with Crippen LogP contribution < -0.4 is 19.5 Å². The van der Waals surface area contributed by atoms with Crippen LogP contribution >= 0.6 is 0 Å². The second-order valence-electron chi connectivity index (χ2n) is 10.1. The van der Waals surface area contributed by atoms with Crippen LogP contribution in [0, 0.1) is 0 Å². The zero-order chi connectivity index (χ0) is 30.4. The summed E-state index contributed by atoms with van der Waals surface area (Å²) in [6.07, 6.45) is -0.698. The summed E-state index contributed by atoms with van der Waals surface area (Å²) in [5.74, 6) is 0.0822. The van der Waals surface area contributed by atoms with E-state index in [4.69, 9.17) is 14.2 Å². The average Bonchev–Trinajstić information content (AvgIpc) is 2.98. The highest BCUT2D eigenvalue weighted by Crippen LogP contribution is 2.30. The molecule has 0 spiro atoms. The highest BCUT2D eigenvalue weighted by Gasteiger charge is 2.50. The van der Waals surface area contributed by atoms with E-state index in [1.54, 1.807) is 51.5 Å². The second kappa shape index (κ2) is 13.4. The highest BCUT2D eigenvalue weighted by atomic mass is 16.5. The van der Waals surface area contributed by atoms with Crippen LogP contribution in [0.15, 0.2) is 42.5 Å². The van der Waals surface area contributed by atoms with E-state index in [1.807, 2.05) is 24.3 Å². The van der Waals surface area contributed by atoms with Crippen molar-refractivity contribution in [3.8, 4) is 17.2 Å². The number of fused-ring (bicyclic) bond motifs is 1. The zero-order valence-electron chi connectivity index (χ0n) is 24.2. The number of methoxy groups -OCH3 is 3. The van der Waals surface area contributed by atoms with Crippen molar-refractivity contribution in [2.45, 2.75) is 38.0 Å². The minimum absolute atomic E-state index is 0.0612. The summed E-state index contributed by atoms with van der Waals surface area (Å²) in [6, 6.07) is 11.3. The molecule has 2 fully saturated rings. The number of piperazine rings is 1. The minimum Gasteiger partial charge on any atom is -0.497 e. The smallest absolute Gasteiger partial charge is 0.334 e. The van der Waals surface area contributed by atoms with E-state index in [0.29, 0.717) is 30.2 Å². The average molecular weight is 584 g/mol. The number of amides is 4. The number of hydrogen-bond acceptors (Lipinski definition) is 8. The van der Waals surface area contributed by atoms with Crippen LogP contribution in [0.5, 0.6) is 17.2 Å². The fourth-order valence-corrected chi connectivity index (χ4v) is 5.35. The summed E-state index contributed by atoms with van der Waals surface area (Å²) in [4.78, 5) is 54.8. The number of hydrazine groups is 1. The van der Waals surface area contributed by atoms with Gasteiger partial charge < -0.3 is 34.4 Å². The number of carbonyl (C=O) groups is 4. The Morgan fingerprint density at radius 3 is 2.31 bits per heavy atom. The number of ether oxygens (including phenoxy) is 3. The molecule has 4 amide bonds. The van der Waals surface area contributed by atoms with Crippen molar-refractivity contribution in [2.24, 2.45) is 0 Å². The molecule has 2 atom stereocenters. The lowest BCUT2D eigenvalue weighted by Crippen LogP contribution is -2.76. The van der Waals surface area contributed by atoms with Gasteiger partial charge in [-0.15, -0.1) is 0 Å². The minimum atomic E-state index is -1.07. The van der Waals surface area contributed by atoms with Gasteiger partial charge in [0.25, 0.3) is 0 Å². The van der Waals surface area contributed by atoms with Gasteiger partial charge in [0.15, 0.2) is 11.5 Å². The fourth-order valence-electron chi connectivity index (χ4n) is 5.35. The summed E-state index contributed by atoms with van der Waals surface area (Å²) in [7, 11) is 6.31. The van der Waals surface area contributed by atoms with Crippen LogP contribution in [0.3, 0.4) is 0 Å². The lowest BCUT2D eigenvalue weighted by Gasteiger charge is -2.54. The predicted octanol–water partition coefficient (Wildman–Crippen LogP) is 1.56. The summed E-state index contributed by atoms with van der Waals surface area (Å²) in [5.41, 5.74) is 1.75. The standard InChI is InChI=1S/C29H37N5O8/c1-31-18-26(35)33-22(10-12-27(36)37)28(38)32(14-13-19-7-11-23(41-3)24(15-19)42-4)17-25(33)34(31)29(39)30-16-20-5-8-21(40-2)9-6-20/h5-9,11,15,22,25H,10,12-14,16-18H2,1-4H3,(H,30,39)(H,36,37)/t22-,25-/m0/s1. The summed E-state index contributed by atoms with van der Waals surface area (Å²) in [6.45, 7) is 0.469. The first kappa shape index (κ1) is 30.4. The molecule has 2 aromatic rings. The molecule has 4 rings (SSSR count). The number of benzene rings is 2. The lowest BCUT2D eigenvalue weighted by atomic mass is 10.0. The number of carbonyl (C=O) groups excluding carboxylic acids is 3. The number of nitrogens with one attached hydrogen (secondary N) is 1. The van der Waals surface area contributed by atoms with Gasteiger partial charge in [-0.2, -0.15) is 0 Å². The van der Waals surface area contributed by atoms with Gasteiger partial charge in [-0.25, -0.2) is 14.8 Å². The summed E-state index contributed by atoms with van der Waals surface area (Å²) in [5, 5.41) is 15.2. The Hall–Kier alpha value is -4.52. The van der Waals surface area contributed by atoms with E-state index in [9.17, 15) is 24.3 Å². The molecule has 2 saturated heterocycles. The number of nitrogens with zero attached hydrogens (tertiary/aromatic N) is 4. The fraction of sp³-hybridized carbons (Fsp3) is 0.448. The van der Waals surface area contributed by atoms with Crippen molar-refractivity contribution in [2.75, 3.05) is 48.0 Å². The van der Waals surface area contributed by atoms with E-state index >= 15 is 0 Å². The summed E-state index contributed by atoms with van der Waals surface area (Å²) >= 11 is 0. The molecule has 0 aliphatic carbocycles. The molecule has 0 aromatic heterocycles. The molecule has 13 heteroatoms. The van der Waals surface area contributed by atoms with E-state index in [1.165, 1.54) is 14.9 Å². The molecule has 2 heterocycles. The van der Waals surface area contributed by atoms with Gasteiger partial charge in [-0.3, -0.25) is 14.4 Å². The number of carboxylic acids is 1. The second-order valence-corrected chi connectivity index (χ2v) is 10.1. The van der Waals surface area contributed by atoms with E-state index in [0.717, 1.165) is 11.1 Å². The highest BCUT2D eigenvalue weighted by molar-refractivity contribution is 5.91. The molecule has 2 aliphatic rings. The van der Waals surface area contributed by atoms with Crippen LogP contribution in [0.1, 0.15) is 24.0 Å². The lowest BCUT2D eigenvalue weighted by molar-refractivity contribution is -0.187. The van der Waals surface area contributed by atoms with Gasteiger partial charge in [-0.05, 0) is 48.2 Å². The predicted molar refractivity (Wildman–Crippen MR) is 151 cm³/mol. The molecule has 2 aliphatic heterocycles. The number of urea groups is 1. The van der Waals surface area contributed by atoms with Crippen molar-refractivity contribution in [3.63, 3.8) is 0 Å². The van der Waals surface area contributed by atoms with Gasteiger partial charge in [-0.1, -0.05) is 18.2 Å². The van der Waals surface area contributed by atoms with Crippen molar-refractivity contribution in [1.82, 2.24) is 25.1 Å². The Balaban J connectivity index is 1.56. The first-order valence-electron chi connectivity index (χ1n) is 13.6. The maximum Gasteiger partial charge on any atom is 0.334 e. The maximum atomic E-state index is 13.7. The third kappa shape index (κ3) is 6.68. The molecular weight excluding hydrogens is 546 g/mol. The molecule has 226 valence electrons. The normalized spacial score (nSPS) is 18.9. The van der Waals surface area contributed by atoms with Crippen LogP contribution in [-0.4, -0.2) is 109 Å². The molecular formula is C29H37N5O8. The number of carboxylic acid groups (broad SMARTS) is 1. The Morgan fingerprint density at radius 2 is 1.67 bits per heavy atom. The Labute approximate surface area is 244 Å². The molecule has 2 aromatic carbocycles. The van der Waals surface area contributed by atoms with Gasteiger partial charge in [0.05, 0.1) is 34.4 Å². The van der Waals surface area contributed by atoms with Crippen LogP contribution in [0.4, 0.5) is 4.79 Å². The quantitative estimate of drug-likeness (QED) is 0.403. The van der Waals surface area contributed by atoms with Crippen molar-refractivity contribution < 1.29 is 38.5 Å². The zero-order valence-corrected chi connectivity index (χ0v) is 24.2. The van der Waals surface area contributed by atoms with Crippen molar-refractivity contribution in [3.05, 3.63) is 53.6 Å². The molecule has 0 radical (unpaired) electrons. The Kier molecular flexibility index (Phi) is 9.73. The Bertz CT molecular complexity index is 1300. The van der Waals surface area contributed by atoms with E-state index in [-0.39, 0.29) is 44.3 Å². The number of hydrogen-bond donors (Lipinski definition) is 2. The largest absolute Gasteiger partial charge is 0.497 e. The van der Waals surface area contributed by atoms with Crippen LogP contribution in [0.2, 0.25) is 0 Å². The number of aliphatic carboxylic acids is 1. The van der Waals surface area contributed by atoms with Crippen molar-refractivity contribution >= 4 is 23.8 Å². The molecule has 2 N–H and O–H groups in total. The molecule has 13 nitrogen and oxygen atoms in total. The van der Waals surface area contributed by atoms with Gasteiger partial charge in [0.2, 0.25) is 11.8 Å². The van der Waals surface area contributed by atoms with Crippen LogP contribution in [0.25, 0.3) is 0 Å². The first-order valence-corrected chi connectivity index (χ1v) is 13.6. The first-order chi connectivity index (χ1) is 20.2. The summed E-state index contributed by atoms with van der Waals surface area (Å²) < 4.78 is 15.9. The van der Waals surface area contributed by atoms with Crippen molar-refractivity contribution in [1.29, 1.82) is 0 Å². The van der Waals surface area contributed by atoms with Gasteiger partial charge in [0, 0.05) is 26.6 Å². The molecule has 0 unspecified atom stereocenters. The SMILES string of the molecule is COc1ccc(CNC(=O)N2[C@H]3CN(CCc4ccc(OC)c(OC)c4)C(=O)[C@H](CCC(=O)O)N3C(=O)CN2C)cc1. The topological polar surface area (TPSA) is 141 Å². The van der Waals surface area contributed by atoms with E-state index in [2.05, 4.69) is 5.32 Å². The Morgan fingerprint density at radius 1 is 0.976 bits per heavy atom.